The van der Waals surface area contributed by atoms with Crippen LogP contribution < -0.4 is 0 Å². The molecule has 23 heavy (non-hydrogen) atoms. The van der Waals surface area contributed by atoms with E-state index in [4.69, 9.17) is 0 Å². The van der Waals surface area contributed by atoms with Gasteiger partial charge in [0.2, 0.25) is 10.0 Å². The molecule has 1 fully saturated rings. The average Bonchev–Trinajstić information content (AvgIpc) is 2.58. The molecule has 0 aliphatic carbocycles. The molecule has 122 valence electrons. The van der Waals surface area contributed by atoms with Crippen molar-refractivity contribution in [3.8, 4) is 0 Å². The van der Waals surface area contributed by atoms with Gasteiger partial charge in [0.1, 0.15) is 9.92 Å². The van der Waals surface area contributed by atoms with Crippen LogP contribution in [0.15, 0.2) is 61.9 Å². The zero-order valence-electron chi connectivity index (χ0n) is 12.5. The first-order valence-corrected chi connectivity index (χ1v) is 10.5. The van der Waals surface area contributed by atoms with E-state index in [0.29, 0.717) is 13.1 Å². The van der Waals surface area contributed by atoms with Crippen molar-refractivity contribution in [2.24, 2.45) is 0 Å². The van der Waals surface area contributed by atoms with Crippen LogP contribution >= 0.6 is 27.7 Å². The third kappa shape index (κ3) is 4.15. The van der Waals surface area contributed by atoms with E-state index in [1.54, 1.807) is 16.4 Å². The molecule has 0 saturated carbocycles. The molecule has 2 aromatic rings. The number of aromatic nitrogens is 1. The number of benzene rings is 1. The van der Waals surface area contributed by atoms with Gasteiger partial charge in [-0.2, -0.15) is 4.31 Å². The van der Waals surface area contributed by atoms with Crippen LogP contribution in [-0.4, -0.2) is 30.8 Å². The fraction of sp³-hybridized carbons (Fsp3) is 0.312. The van der Waals surface area contributed by atoms with Gasteiger partial charge in [-0.3, -0.25) is 0 Å². The molecule has 0 unspecified atom stereocenters. The average molecular weight is 413 g/mol. The Morgan fingerprint density at radius 1 is 1.00 bits per heavy atom. The molecule has 0 N–H and O–H groups in total. The van der Waals surface area contributed by atoms with E-state index in [-0.39, 0.29) is 4.90 Å². The molecule has 0 radical (unpaired) electrons. The summed E-state index contributed by atoms with van der Waals surface area (Å²) < 4.78 is 27.7. The highest BCUT2D eigenvalue weighted by Crippen LogP contribution is 2.28. The maximum absolute atomic E-state index is 12.6. The first-order chi connectivity index (χ1) is 11.1. The Morgan fingerprint density at radius 2 is 1.70 bits per heavy atom. The summed E-state index contributed by atoms with van der Waals surface area (Å²) in [6.07, 6.45) is 4.44. The lowest BCUT2D eigenvalue weighted by atomic mass is 10.2. The molecule has 1 aromatic heterocycles. The maximum Gasteiger partial charge on any atom is 0.244 e. The van der Waals surface area contributed by atoms with Gasteiger partial charge in [0.05, 0.1) is 0 Å². The molecule has 1 aliphatic rings. The maximum atomic E-state index is 12.6. The van der Waals surface area contributed by atoms with Crippen LogP contribution in [0.2, 0.25) is 0 Å². The summed E-state index contributed by atoms with van der Waals surface area (Å²) in [6, 6.07) is 11.3. The lowest BCUT2D eigenvalue weighted by Gasteiger charge is -2.25. The van der Waals surface area contributed by atoms with Gasteiger partial charge in [0, 0.05) is 28.7 Å². The second-order valence-electron chi connectivity index (χ2n) is 5.35. The minimum absolute atomic E-state index is 0.277. The molecule has 0 atom stereocenters. The number of rotatable bonds is 4. The smallest absolute Gasteiger partial charge is 0.244 e. The summed E-state index contributed by atoms with van der Waals surface area (Å²) in [5.41, 5.74) is 0. The van der Waals surface area contributed by atoms with Crippen molar-refractivity contribution in [3.63, 3.8) is 0 Å². The molecular formula is C16H17BrN2O2S2. The number of piperidine rings is 1. The fourth-order valence-corrected chi connectivity index (χ4v) is 4.94. The van der Waals surface area contributed by atoms with E-state index in [9.17, 15) is 8.42 Å². The molecule has 4 nitrogen and oxygen atoms in total. The van der Waals surface area contributed by atoms with Crippen molar-refractivity contribution in [1.29, 1.82) is 0 Å². The monoisotopic (exact) mass is 412 g/mol. The van der Waals surface area contributed by atoms with Crippen molar-refractivity contribution in [1.82, 2.24) is 9.29 Å². The predicted molar refractivity (Wildman–Crippen MR) is 95.1 cm³/mol. The molecule has 1 aromatic carbocycles. The highest BCUT2D eigenvalue weighted by atomic mass is 79.9. The van der Waals surface area contributed by atoms with Crippen LogP contribution in [0.25, 0.3) is 0 Å². The molecule has 7 heteroatoms. The number of pyridine rings is 1. The second kappa shape index (κ2) is 7.34. The Kier molecular flexibility index (Phi) is 5.41. The Bertz CT molecular complexity index is 756. The predicted octanol–water partition coefficient (Wildman–Crippen LogP) is 4.17. The molecule has 1 aliphatic heterocycles. The largest absolute Gasteiger partial charge is 0.248 e. The lowest BCUT2D eigenvalue weighted by Crippen LogP contribution is -2.35. The van der Waals surface area contributed by atoms with E-state index in [1.165, 1.54) is 18.0 Å². The van der Waals surface area contributed by atoms with Gasteiger partial charge in [0.15, 0.2) is 0 Å². The van der Waals surface area contributed by atoms with Crippen molar-refractivity contribution < 1.29 is 8.42 Å². The van der Waals surface area contributed by atoms with Gasteiger partial charge in [-0.1, -0.05) is 34.1 Å². The van der Waals surface area contributed by atoms with Gasteiger partial charge >= 0.3 is 0 Å². The summed E-state index contributed by atoms with van der Waals surface area (Å²) in [4.78, 5) is 5.64. The normalized spacial score (nSPS) is 16.4. The van der Waals surface area contributed by atoms with Crippen molar-refractivity contribution in [3.05, 3.63) is 47.1 Å². The SMILES string of the molecule is O=S(=O)(c1ccc(Sc2ccc(Br)cc2)nc1)N1CCCCC1. The molecular weight excluding hydrogens is 396 g/mol. The minimum Gasteiger partial charge on any atom is -0.248 e. The van der Waals surface area contributed by atoms with Crippen LogP contribution in [0.4, 0.5) is 0 Å². The molecule has 3 rings (SSSR count). The van der Waals surface area contributed by atoms with Gasteiger partial charge in [0.25, 0.3) is 0 Å². The van der Waals surface area contributed by atoms with Gasteiger partial charge in [-0.15, -0.1) is 0 Å². The van der Waals surface area contributed by atoms with Crippen LogP contribution in [0.3, 0.4) is 0 Å². The van der Waals surface area contributed by atoms with Crippen molar-refractivity contribution >= 4 is 37.7 Å². The third-order valence-electron chi connectivity index (χ3n) is 3.70. The molecule has 0 bridgehead atoms. The zero-order chi connectivity index (χ0) is 16.3. The Hall–Kier alpha value is -0.890. The highest BCUT2D eigenvalue weighted by molar-refractivity contribution is 9.10. The van der Waals surface area contributed by atoms with Gasteiger partial charge in [-0.05, 0) is 49.2 Å². The minimum atomic E-state index is -3.40. The standard InChI is InChI=1S/C16H17BrN2O2S2/c17-13-4-6-14(7-5-13)22-16-9-8-15(12-18-16)23(20,21)19-10-2-1-3-11-19/h4-9,12H,1-3,10-11H2. The summed E-state index contributed by atoms with van der Waals surface area (Å²) in [6.45, 7) is 1.22. The Labute approximate surface area is 149 Å². The number of nitrogens with zero attached hydrogens (tertiary/aromatic N) is 2. The van der Waals surface area contributed by atoms with E-state index < -0.39 is 10.0 Å². The quantitative estimate of drug-likeness (QED) is 0.755. The van der Waals surface area contributed by atoms with E-state index >= 15 is 0 Å². The van der Waals surface area contributed by atoms with Gasteiger partial charge < -0.3 is 0 Å². The topological polar surface area (TPSA) is 50.3 Å². The Balaban J connectivity index is 1.74. The summed E-state index contributed by atoms with van der Waals surface area (Å²) in [5, 5.41) is 0.782. The van der Waals surface area contributed by atoms with Crippen LogP contribution in [-0.2, 0) is 10.0 Å². The summed E-state index contributed by atoms with van der Waals surface area (Å²) in [5.74, 6) is 0. The highest BCUT2D eigenvalue weighted by Gasteiger charge is 2.26. The Morgan fingerprint density at radius 3 is 2.30 bits per heavy atom. The van der Waals surface area contributed by atoms with Crippen LogP contribution in [0.1, 0.15) is 19.3 Å². The van der Waals surface area contributed by atoms with Crippen molar-refractivity contribution in [2.75, 3.05) is 13.1 Å². The van der Waals surface area contributed by atoms with Crippen LogP contribution in [0.5, 0.6) is 0 Å². The third-order valence-corrected chi connectivity index (χ3v) is 7.07. The lowest BCUT2D eigenvalue weighted by molar-refractivity contribution is 0.346. The number of sulfonamides is 1. The summed E-state index contributed by atoms with van der Waals surface area (Å²) >= 11 is 4.91. The first-order valence-electron chi connectivity index (χ1n) is 7.45. The second-order valence-corrected chi connectivity index (χ2v) is 9.30. The first kappa shape index (κ1) is 17.0. The van der Waals surface area contributed by atoms with Gasteiger partial charge in [-0.25, -0.2) is 13.4 Å². The van der Waals surface area contributed by atoms with E-state index in [0.717, 1.165) is 33.7 Å². The zero-order valence-corrected chi connectivity index (χ0v) is 15.7. The molecule has 1 saturated heterocycles. The van der Waals surface area contributed by atoms with Crippen molar-refractivity contribution in [2.45, 2.75) is 34.1 Å². The molecule has 2 heterocycles. The molecule has 0 amide bonds. The number of hydrogen-bond acceptors (Lipinski definition) is 4. The van der Waals surface area contributed by atoms with E-state index in [1.807, 2.05) is 24.3 Å². The van der Waals surface area contributed by atoms with E-state index in [2.05, 4.69) is 20.9 Å². The molecule has 0 spiro atoms. The fourth-order valence-electron chi connectivity index (χ4n) is 2.46. The number of hydrogen-bond donors (Lipinski definition) is 0. The van der Waals surface area contributed by atoms with Crippen LogP contribution in [0, 0.1) is 0 Å². The number of halogens is 1. The summed E-state index contributed by atoms with van der Waals surface area (Å²) in [7, 11) is -3.40.